The van der Waals surface area contributed by atoms with E-state index in [0.29, 0.717) is 29.9 Å². The van der Waals surface area contributed by atoms with Crippen LogP contribution in [0.5, 0.6) is 0 Å². The Bertz CT molecular complexity index is 637. The molecule has 2 fully saturated rings. The number of nitrogens with one attached hydrogen (secondary N) is 1. The maximum absolute atomic E-state index is 12.3. The van der Waals surface area contributed by atoms with Gasteiger partial charge in [0.25, 0.3) is 0 Å². The highest BCUT2D eigenvalue weighted by Crippen LogP contribution is 2.26. The van der Waals surface area contributed by atoms with Crippen molar-refractivity contribution in [3.8, 4) is 0 Å². The summed E-state index contributed by atoms with van der Waals surface area (Å²) in [6.45, 7) is 3.15. The second-order valence-electron chi connectivity index (χ2n) is 5.69. The van der Waals surface area contributed by atoms with Crippen LogP contribution in [0.2, 0.25) is 5.02 Å². The Morgan fingerprint density at radius 2 is 1.73 bits per heavy atom. The molecule has 2 heterocycles. The minimum atomic E-state index is -3.60. The van der Waals surface area contributed by atoms with Gasteiger partial charge in [-0.15, -0.1) is 12.4 Å². The number of amides is 1. The van der Waals surface area contributed by atoms with Crippen molar-refractivity contribution < 1.29 is 13.2 Å². The van der Waals surface area contributed by atoms with E-state index in [1.165, 1.54) is 24.3 Å². The number of carbonyl (C=O) groups excluding carboxylic acids is 1. The van der Waals surface area contributed by atoms with Gasteiger partial charge in [-0.25, -0.2) is 8.42 Å². The van der Waals surface area contributed by atoms with E-state index >= 15 is 0 Å². The molecule has 0 aliphatic carbocycles. The molecule has 2 saturated heterocycles. The van der Waals surface area contributed by atoms with Crippen molar-refractivity contribution in [1.29, 1.82) is 0 Å². The molecule has 0 bridgehead atoms. The summed E-state index contributed by atoms with van der Waals surface area (Å²) in [6.07, 6.45) is 0. The van der Waals surface area contributed by atoms with E-state index in [9.17, 15) is 13.2 Å². The molecule has 2 atom stereocenters. The normalized spacial score (nSPS) is 24.0. The second-order valence-corrected chi connectivity index (χ2v) is 8.12. The van der Waals surface area contributed by atoms with Gasteiger partial charge in [0.05, 0.1) is 4.90 Å². The van der Waals surface area contributed by atoms with E-state index in [1.807, 2.05) is 0 Å². The number of nitrogens with zero attached hydrogens (tertiary/aromatic N) is 1. The van der Waals surface area contributed by atoms with Crippen LogP contribution >= 0.6 is 24.0 Å². The number of benzene rings is 1. The van der Waals surface area contributed by atoms with Crippen molar-refractivity contribution in [2.75, 3.05) is 31.9 Å². The summed E-state index contributed by atoms with van der Waals surface area (Å²) in [5, 5.41) is 3.77. The van der Waals surface area contributed by atoms with Crippen LogP contribution in [0.3, 0.4) is 0 Å². The van der Waals surface area contributed by atoms with Gasteiger partial charge in [-0.1, -0.05) is 11.6 Å². The molecule has 122 valence electrons. The molecule has 22 heavy (non-hydrogen) atoms. The Balaban J connectivity index is 0.00000176. The lowest BCUT2D eigenvalue weighted by Crippen LogP contribution is -2.36. The fraction of sp³-hybridized carbons (Fsp3) is 0.500. The topological polar surface area (TPSA) is 66.5 Å². The lowest BCUT2D eigenvalue weighted by molar-refractivity contribution is -0.127. The van der Waals surface area contributed by atoms with Gasteiger partial charge in [-0.3, -0.25) is 4.79 Å². The van der Waals surface area contributed by atoms with Crippen LogP contribution in [0.25, 0.3) is 0 Å². The van der Waals surface area contributed by atoms with E-state index in [2.05, 4.69) is 5.32 Å². The van der Waals surface area contributed by atoms with Gasteiger partial charge in [-0.05, 0) is 36.1 Å². The molecule has 0 spiro atoms. The molecule has 1 aromatic rings. The number of rotatable bonds is 3. The summed E-state index contributed by atoms with van der Waals surface area (Å²) in [6, 6.07) is 5.91. The Labute approximate surface area is 141 Å². The predicted molar refractivity (Wildman–Crippen MR) is 87.2 cm³/mol. The van der Waals surface area contributed by atoms with Crippen LogP contribution in [0.4, 0.5) is 0 Å². The van der Waals surface area contributed by atoms with E-state index in [1.54, 1.807) is 4.90 Å². The summed E-state index contributed by atoms with van der Waals surface area (Å²) in [7, 11) is -3.60. The summed E-state index contributed by atoms with van der Waals surface area (Å²) in [5.41, 5.74) is 0. The highest BCUT2D eigenvalue weighted by molar-refractivity contribution is 7.92. The van der Waals surface area contributed by atoms with Crippen molar-refractivity contribution in [3.05, 3.63) is 29.3 Å². The molecule has 0 unspecified atom stereocenters. The first-order chi connectivity index (χ1) is 9.95. The minimum absolute atomic E-state index is 0. The molecule has 1 aromatic carbocycles. The van der Waals surface area contributed by atoms with Gasteiger partial charge in [0.15, 0.2) is 9.84 Å². The van der Waals surface area contributed by atoms with E-state index in [4.69, 9.17) is 11.6 Å². The number of fused-ring (bicyclic) bond motifs is 1. The van der Waals surface area contributed by atoms with Crippen LogP contribution in [0, 0.1) is 11.8 Å². The van der Waals surface area contributed by atoms with Crippen LogP contribution in [0.15, 0.2) is 29.2 Å². The molecular weight excluding hydrogens is 347 g/mol. The Hall–Kier alpha value is -0.820. The number of hydrogen-bond donors (Lipinski definition) is 1. The molecule has 5 nitrogen and oxygen atoms in total. The zero-order chi connectivity index (χ0) is 15.0. The van der Waals surface area contributed by atoms with Crippen molar-refractivity contribution in [2.45, 2.75) is 4.90 Å². The summed E-state index contributed by atoms with van der Waals surface area (Å²) in [5.74, 6) is 0.153. The maximum Gasteiger partial charge on any atom is 0.238 e. The van der Waals surface area contributed by atoms with Crippen LogP contribution in [0.1, 0.15) is 0 Å². The van der Waals surface area contributed by atoms with Crippen molar-refractivity contribution in [2.24, 2.45) is 11.8 Å². The predicted octanol–water partition coefficient (Wildman–Crippen LogP) is 1.21. The molecular formula is C14H18Cl2N2O3S. The molecule has 0 saturated carbocycles. The molecule has 0 radical (unpaired) electrons. The molecule has 2 aliphatic rings. The molecule has 2 aliphatic heterocycles. The third kappa shape index (κ3) is 3.56. The first kappa shape index (κ1) is 17.5. The fourth-order valence-electron chi connectivity index (χ4n) is 3.04. The van der Waals surface area contributed by atoms with Crippen LogP contribution in [-0.2, 0) is 14.6 Å². The van der Waals surface area contributed by atoms with Gasteiger partial charge in [-0.2, -0.15) is 0 Å². The number of hydrogen-bond acceptors (Lipinski definition) is 4. The van der Waals surface area contributed by atoms with Gasteiger partial charge in [0.2, 0.25) is 5.91 Å². The lowest BCUT2D eigenvalue weighted by atomic mass is 10.0. The van der Waals surface area contributed by atoms with Crippen LogP contribution < -0.4 is 5.32 Å². The third-order valence-corrected chi connectivity index (χ3v) is 6.10. The SMILES string of the molecule is Cl.O=C(CS(=O)(=O)c1ccc(Cl)cc1)N1C[C@H]2CNC[C@H]2C1. The number of likely N-dealkylation sites (tertiary alicyclic amines) is 1. The molecule has 0 aromatic heterocycles. The largest absolute Gasteiger partial charge is 0.341 e. The van der Waals surface area contributed by atoms with E-state index < -0.39 is 15.6 Å². The third-order valence-electron chi connectivity index (χ3n) is 4.23. The fourth-order valence-corrected chi connectivity index (χ4v) is 4.39. The van der Waals surface area contributed by atoms with Gasteiger partial charge in [0, 0.05) is 31.2 Å². The second kappa shape index (κ2) is 6.74. The average molecular weight is 365 g/mol. The van der Waals surface area contributed by atoms with Crippen molar-refractivity contribution in [1.82, 2.24) is 10.2 Å². The van der Waals surface area contributed by atoms with Crippen molar-refractivity contribution >= 4 is 39.8 Å². The highest BCUT2D eigenvalue weighted by Gasteiger charge is 2.38. The molecule has 1 N–H and O–H groups in total. The Morgan fingerprint density at radius 1 is 1.18 bits per heavy atom. The van der Waals surface area contributed by atoms with Gasteiger partial charge in [0.1, 0.15) is 5.75 Å². The Kier molecular flexibility index (Phi) is 5.37. The number of carbonyl (C=O) groups is 1. The maximum atomic E-state index is 12.3. The molecule has 8 heteroatoms. The van der Waals surface area contributed by atoms with E-state index in [-0.39, 0.29) is 23.2 Å². The summed E-state index contributed by atoms with van der Waals surface area (Å²) >= 11 is 5.75. The van der Waals surface area contributed by atoms with E-state index in [0.717, 1.165) is 13.1 Å². The van der Waals surface area contributed by atoms with Gasteiger partial charge < -0.3 is 10.2 Å². The molecule has 1 amide bonds. The lowest BCUT2D eigenvalue weighted by Gasteiger charge is -2.17. The standard InChI is InChI=1S/C14H17ClN2O3S.ClH/c15-12-1-3-13(4-2-12)21(19,20)9-14(18)17-7-10-5-16-6-11(10)8-17;/h1-4,10-11,16H,5-9H2;1H/t10-,11+;. The molecule has 3 rings (SSSR count). The van der Waals surface area contributed by atoms with Gasteiger partial charge >= 0.3 is 0 Å². The highest BCUT2D eigenvalue weighted by atomic mass is 35.5. The monoisotopic (exact) mass is 364 g/mol. The number of halogens is 2. The summed E-state index contributed by atoms with van der Waals surface area (Å²) in [4.78, 5) is 14.1. The zero-order valence-electron chi connectivity index (χ0n) is 11.9. The quantitative estimate of drug-likeness (QED) is 0.875. The summed E-state index contributed by atoms with van der Waals surface area (Å²) < 4.78 is 24.5. The smallest absolute Gasteiger partial charge is 0.238 e. The first-order valence-corrected chi connectivity index (χ1v) is 8.95. The number of sulfone groups is 1. The first-order valence-electron chi connectivity index (χ1n) is 6.92. The zero-order valence-corrected chi connectivity index (χ0v) is 14.3. The van der Waals surface area contributed by atoms with Crippen molar-refractivity contribution in [3.63, 3.8) is 0 Å². The Morgan fingerprint density at radius 3 is 2.27 bits per heavy atom. The van der Waals surface area contributed by atoms with Crippen LogP contribution in [-0.4, -0.2) is 51.2 Å². The minimum Gasteiger partial charge on any atom is -0.341 e. The average Bonchev–Trinajstić information content (AvgIpc) is 2.99.